The Hall–Kier alpha value is -2.70. The van der Waals surface area contributed by atoms with Crippen LogP contribution in [-0.4, -0.2) is 63.7 Å². The van der Waals surface area contributed by atoms with Crippen LogP contribution in [0.25, 0.3) is 11.1 Å². The molecule has 0 radical (unpaired) electrons. The van der Waals surface area contributed by atoms with Gasteiger partial charge in [0.25, 0.3) is 0 Å². The van der Waals surface area contributed by atoms with Crippen molar-refractivity contribution in [3.8, 4) is 11.1 Å². The lowest BCUT2D eigenvalue weighted by atomic mass is 9.81. The summed E-state index contributed by atoms with van der Waals surface area (Å²) in [5, 5.41) is 18.1. The van der Waals surface area contributed by atoms with Gasteiger partial charge in [0.2, 0.25) is 5.91 Å². The van der Waals surface area contributed by atoms with Gasteiger partial charge in [-0.25, -0.2) is 0 Å². The summed E-state index contributed by atoms with van der Waals surface area (Å²) in [6.07, 6.45) is 4.33. The monoisotopic (exact) mass is 508 g/mol. The summed E-state index contributed by atoms with van der Waals surface area (Å²) in [5.41, 5.74) is 8.52. The standard InChI is InChI=1S/C27H34N2O3.C4H10O/c1-18-7-9-21(10-8-18)27-20(3)24-16-28(17-25(30)29-12-5-4-6-13-29)14-11-22(24)19(2)23(27)15-26(31)32;1-4(2,3)5/h7-10H,4-6,11-17H2,1-3H3,(H,31,32);5H,1-3H3. The van der Waals surface area contributed by atoms with Gasteiger partial charge in [0.05, 0.1) is 18.6 Å². The van der Waals surface area contributed by atoms with E-state index >= 15 is 0 Å². The van der Waals surface area contributed by atoms with Crippen LogP contribution >= 0.6 is 0 Å². The van der Waals surface area contributed by atoms with Crippen LogP contribution < -0.4 is 0 Å². The number of rotatable bonds is 5. The van der Waals surface area contributed by atoms with Gasteiger partial charge in [0, 0.05) is 26.2 Å². The summed E-state index contributed by atoms with van der Waals surface area (Å²) in [7, 11) is 0. The van der Waals surface area contributed by atoms with Crippen molar-refractivity contribution in [3.63, 3.8) is 0 Å². The molecule has 2 N–H and O–H groups in total. The van der Waals surface area contributed by atoms with Gasteiger partial charge in [-0.3, -0.25) is 14.5 Å². The van der Waals surface area contributed by atoms with Crippen LogP contribution in [-0.2, 0) is 29.0 Å². The zero-order chi connectivity index (χ0) is 27.3. The molecule has 6 heteroatoms. The summed E-state index contributed by atoms with van der Waals surface area (Å²) >= 11 is 0. The first-order valence-electron chi connectivity index (χ1n) is 13.5. The Kier molecular flexibility index (Phi) is 9.54. The number of benzene rings is 2. The smallest absolute Gasteiger partial charge is 0.307 e. The second kappa shape index (κ2) is 12.2. The molecule has 0 unspecified atom stereocenters. The largest absolute Gasteiger partial charge is 0.481 e. The lowest BCUT2D eigenvalue weighted by Crippen LogP contribution is -2.44. The van der Waals surface area contributed by atoms with Gasteiger partial charge < -0.3 is 15.1 Å². The lowest BCUT2D eigenvalue weighted by Gasteiger charge is -2.35. The van der Waals surface area contributed by atoms with Crippen LogP contribution in [0.4, 0.5) is 0 Å². The molecule has 2 heterocycles. The molecule has 1 amide bonds. The quantitative estimate of drug-likeness (QED) is 0.591. The Bertz CT molecular complexity index is 1100. The van der Waals surface area contributed by atoms with E-state index in [1.165, 1.54) is 23.1 Å². The van der Waals surface area contributed by atoms with E-state index < -0.39 is 11.6 Å². The van der Waals surface area contributed by atoms with Crippen molar-refractivity contribution in [1.82, 2.24) is 9.80 Å². The van der Waals surface area contributed by atoms with E-state index in [-0.39, 0.29) is 12.3 Å². The molecule has 1 fully saturated rings. The number of amides is 1. The highest BCUT2D eigenvalue weighted by atomic mass is 16.4. The van der Waals surface area contributed by atoms with Crippen molar-refractivity contribution in [2.75, 3.05) is 26.2 Å². The minimum atomic E-state index is -0.801. The van der Waals surface area contributed by atoms with Crippen LogP contribution in [0.2, 0.25) is 0 Å². The molecule has 37 heavy (non-hydrogen) atoms. The van der Waals surface area contributed by atoms with Crippen LogP contribution in [0, 0.1) is 20.8 Å². The van der Waals surface area contributed by atoms with Crippen LogP contribution in [0.5, 0.6) is 0 Å². The molecule has 0 bridgehead atoms. The van der Waals surface area contributed by atoms with Crippen LogP contribution in [0.15, 0.2) is 24.3 Å². The lowest BCUT2D eigenvalue weighted by molar-refractivity contribution is -0.136. The van der Waals surface area contributed by atoms with E-state index in [2.05, 4.69) is 49.9 Å². The zero-order valence-electron chi connectivity index (χ0n) is 23.5. The van der Waals surface area contributed by atoms with Crippen molar-refractivity contribution in [3.05, 3.63) is 57.6 Å². The number of nitrogens with zero attached hydrogens (tertiary/aromatic N) is 2. The third kappa shape index (κ3) is 7.89. The minimum Gasteiger partial charge on any atom is -0.481 e. The van der Waals surface area contributed by atoms with Crippen molar-refractivity contribution in [2.24, 2.45) is 0 Å². The van der Waals surface area contributed by atoms with Crippen molar-refractivity contribution >= 4 is 11.9 Å². The molecular weight excluding hydrogens is 464 g/mol. The van der Waals surface area contributed by atoms with Crippen LogP contribution in [0.3, 0.4) is 0 Å². The van der Waals surface area contributed by atoms with Gasteiger partial charge in [-0.15, -0.1) is 0 Å². The third-order valence-corrected chi connectivity index (χ3v) is 7.19. The average Bonchev–Trinajstić information content (AvgIpc) is 2.83. The number of aliphatic hydroxyl groups is 1. The van der Waals surface area contributed by atoms with Gasteiger partial charge in [-0.1, -0.05) is 29.8 Å². The fraction of sp³-hybridized carbons (Fsp3) is 0.548. The van der Waals surface area contributed by atoms with E-state index in [1.807, 2.05) is 4.90 Å². The van der Waals surface area contributed by atoms with E-state index in [0.29, 0.717) is 6.54 Å². The minimum absolute atomic E-state index is 0.0281. The Morgan fingerprint density at radius 3 is 2.05 bits per heavy atom. The van der Waals surface area contributed by atoms with Gasteiger partial charge in [0.1, 0.15) is 0 Å². The molecule has 2 aliphatic heterocycles. The molecule has 4 rings (SSSR count). The number of carboxylic acid groups (broad SMARTS) is 1. The van der Waals surface area contributed by atoms with Crippen molar-refractivity contribution in [2.45, 2.75) is 85.8 Å². The summed E-state index contributed by atoms with van der Waals surface area (Å²) < 4.78 is 0. The van der Waals surface area contributed by atoms with Gasteiger partial charge in [0.15, 0.2) is 0 Å². The molecule has 6 nitrogen and oxygen atoms in total. The second-order valence-corrected chi connectivity index (χ2v) is 11.6. The second-order valence-electron chi connectivity index (χ2n) is 11.6. The molecule has 0 saturated carbocycles. The highest BCUT2D eigenvalue weighted by Gasteiger charge is 2.28. The number of fused-ring (bicyclic) bond motifs is 1. The molecular formula is C31H44N2O4. The predicted molar refractivity (Wildman–Crippen MR) is 149 cm³/mol. The maximum atomic E-state index is 12.8. The number of carbonyl (C=O) groups excluding carboxylic acids is 1. The number of piperidine rings is 1. The van der Waals surface area contributed by atoms with Gasteiger partial charge in [-0.05, 0) is 106 Å². The first-order chi connectivity index (χ1) is 17.3. The molecule has 0 aromatic heterocycles. The molecule has 2 aliphatic rings. The maximum Gasteiger partial charge on any atom is 0.307 e. The number of hydrogen-bond donors (Lipinski definition) is 2. The average molecular weight is 509 g/mol. The summed E-state index contributed by atoms with van der Waals surface area (Å²) in [5.74, 6) is -0.561. The third-order valence-electron chi connectivity index (χ3n) is 7.19. The van der Waals surface area contributed by atoms with E-state index in [1.54, 1.807) is 20.8 Å². The number of likely N-dealkylation sites (tertiary alicyclic amines) is 1. The Balaban J connectivity index is 0.000000695. The van der Waals surface area contributed by atoms with Crippen molar-refractivity contribution in [1.29, 1.82) is 0 Å². The SMILES string of the molecule is CC(C)(C)O.Cc1ccc(-c2c(C)c3c(c(C)c2CC(=O)O)CCN(CC(=O)N2CCCCC2)C3)cc1. The van der Waals surface area contributed by atoms with E-state index in [0.717, 1.165) is 73.3 Å². The predicted octanol–water partition coefficient (Wildman–Crippen LogP) is 5.05. The zero-order valence-corrected chi connectivity index (χ0v) is 23.5. The van der Waals surface area contributed by atoms with Crippen LogP contribution in [0.1, 0.15) is 73.4 Å². The maximum absolute atomic E-state index is 12.8. The van der Waals surface area contributed by atoms with Gasteiger partial charge in [-0.2, -0.15) is 0 Å². The molecule has 2 aromatic rings. The number of carbonyl (C=O) groups is 2. The Labute approximate surface area is 222 Å². The molecule has 0 spiro atoms. The van der Waals surface area contributed by atoms with Crippen molar-refractivity contribution < 1.29 is 19.8 Å². The molecule has 0 aliphatic carbocycles. The Morgan fingerprint density at radius 2 is 1.49 bits per heavy atom. The first-order valence-corrected chi connectivity index (χ1v) is 13.5. The number of aryl methyl sites for hydroxylation is 1. The Morgan fingerprint density at radius 1 is 0.892 bits per heavy atom. The highest BCUT2D eigenvalue weighted by Crippen LogP contribution is 2.38. The topological polar surface area (TPSA) is 81.1 Å². The number of carboxylic acids is 1. The normalized spacial score (nSPS) is 16.0. The number of aliphatic carboxylic acids is 1. The fourth-order valence-electron chi connectivity index (χ4n) is 5.38. The van der Waals surface area contributed by atoms with Gasteiger partial charge >= 0.3 is 5.97 Å². The summed E-state index contributed by atoms with van der Waals surface area (Å²) in [6, 6.07) is 8.35. The highest BCUT2D eigenvalue weighted by molar-refractivity contribution is 5.82. The first kappa shape index (κ1) is 28.9. The van der Waals surface area contributed by atoms with E-state index in [9.17, 15) is 14.7 Å². The summed E-state index contributed by atoms with van der Waals surface area (Å²) in [6.45, 7) is 15.3. The summed E-state index contributed by atoms with van der Waals surface area (Å²) in [4.78, 5) is 28.8. The molecule has 1 saturated heterocycles. The number of hydrogen-bond acceptors (Lipinski definition) is 4. The van der Waals surface area contributed by atoms with E-state index in [4.69, 9.17) is 5.11 Å². The molecule has 0 atom stereocenters. The fourth-order valence-corrected chi connectivity index (χ4v) is 5.38. The molecule has 2 aromatic carbocycles. The molecule has 202 valence electrons.